The number of carbonyl (C=O) groups is 1. The molecule has 0 atom stereocenters. The molecule has 1 aliphatic carbocycles. The molecule has 0 radical (unpaired) electrons. The van der Waals surface area contributed by atoms with E-state index in [0.717, 1.165) is 28.8 Å². The van der Waals surface area contributed by atoms with Crippen molar-refractivity contribution in [1.82, 2.24) is 5.32 Å². The van der Waals surface area contributed by atoms with Gasteiger partial charge in [-0.25, -0.2) is 4.79 Å². The summed E-state index contributed by atoms with van der Waals surface area (Å²) < 4.78 is 6.49. The van der Waals surface area contributed by atoms with Crippen LogP contribution in [0.5, 0.6) is 5.75 Å². The largest absolute Gasteiger partial charge is 0.491 e. The second-order valence-corrected chi connectivity index (χ2v) is 5.63. The van der Waals surface area contributed by atoms with Gasteiger partial charge in [-0.2, -0.15) is 0 Å². The molecule has 1 saturated carbocycles. The Hall–Kier alpha value is -1.23. The van der Waals surface area contributed by atoms with Crippen LogP contribution in [-0.2, 0) is 0 Å². The van der Waals surface area contributed by atoms with Crippen molar-refractivity contribution < 1.29 is 9.53 Å². The molecule has 0 bridgehead atoms. The number of ether oxygens (including phenoxy) is 1. The molecule has 0 saturated heterocycles. The fraction of sp³-hybridized carbons (Fsp3) is 0.462. The van der Waals surface area contributed by atoms with Crippen LogP contribution in [0.4, 0.5) is 10.5 Å². The molecule has 0 aromatic heterocycles. The monoisotopic (exact) mass is 312 g/mol. The SMILES string of the molecule is CC(C)Oc1cc(Br)cc(NC(=O)NC2CC2)c1. The van der Waals surface area contributed by atoms with E-state index in [0.29, 0.717) is 6.04 Å². The molecule has 0 aliphatic heterocycles. The first-order valence-corrected chi connectivity index (χ1v) is 6.87. The normalized spacial score (nSPS) is 14.4. The number of halogens is 1. The molecular weight excluding hydrogens is 296 g/mol. The smallest absolute Gasteiger partial charge is 0.319 e. The van der Waals surface area contributed by atoms with E-state index in [1.165, 1.54) is 0 Å². The van der Waals surface area contributed by atoms with Gasteiger partial charge in [-0.1, -0.05) is 15.9 Å². The van der Waals surface area contributed by atoms with Crippen molar-refractivity contribution in [2.45, 2.75) is 38.8 Å². The molecule has 1 aromatic rings. The van der Waals surface area contributed by atoms with Gasteiger partial charge in [-0.3, -0.25) is 0 Å². The Morgan fingerprint density at radius 1 is 1.39 bits per heavy atom. The van der Waals surface area contributed by atoms with Gasteiger partial charge in [0.05, 0.1) is 6.10 Å². The molecule has 0 spiro atoms. The van der Waals surface area contributed by atoms with Gasteiger partial charge in [-0.05, 0) is 38.8 Å². The number of benzene rings is 1. The van der Waals surface area contributed by atoms with Crippen molar-refractivity contribution in [3.05, 3.63) is 22.7 Å². The van der Waals surface area contributed by atoms with Gasteiger partial charge in [0, 0.05) is 22.3 Å². The van der Waals surface area contributed by atoms with Crippen LogP contribution < -0.4 is 15.4 Å². The van der Waals surface area contributed by atoms with Gasteiger partial charge in [0.25, 0.3) is 0 Å². The number of carbonyl (C=O) groups excluding carboxylic acids is 1. The topological polar surface area (TPSA) is 50.4 Å². The Bertz CT molecular complexity index is 445. The lowest BCUT2D eigenvalue weighted by Gasteiger charge is -2.12. The minimum atomic E-state index is -0.161. The molecule has 2 rings (SSSR count). The van der Waals surface area contributed by atoms with Gasteiger partial charge >= 0.3 is 6.03 Å². The fourth-order valence-electron chi connectivity index (χ4n) is 1.56. The number of hydrogen-bond donors (Lipinski definition) is 2. The van der Waals surface area contributed by atoms with Crippen molar-refractivity contribution in [3.8, 4) is 5.75 Å². The van der Waals surface area contributed by atoms with Crippen molar-refractivity contribution in [1.29, 1.82) is 0 Å². The third-order valence-electron chi connectivity index (χ3n) is 2.41. The lowest BCUT2D eigenvalue weighted by molar-refractivity contribution is 0.242. The molecule has 0 unspecified atom stereocenters. The second kappa shape index (κ2) is 5.61. The second-order valence-electron chi connectivity index (χ2n) is 4.71. The highest BCUT2D eigenvalue weighted by Crippen LogP contribution is 2.26. The minimum Gasteiger partial charge on any atom is -0.491 e. The summed E-state index contributed by atoms with van der Waals surface area (Å²) in [6.07, 6.45) is 2.26. The van der Waals surface area contributed by atoms with Crippen LogP contribution in [0.3, 0.4) is 0 Å². The summed E-state index contributed by atoms with van der Waals surface area (Å²) in [6, 6.07) is 5.73. The van der Waals surface area contributed by atoms with Crippen LogP contribution in [0.1, 0.15) is 26.7 Å². The maximum atomic E-state index is 11.6. The molecular formula is C13H17BrN2O2. The predicted molar refractivity (Wildman–Crippen MR) is 75.1 cm³/mol. The summed E-state index contributed by atoms with van der Waals surface area (Å²) in [7, 11) is 0. The number of amides is 2. The van der Waals surface area contributed by atoms with Crippen molar-refractivity contribution in [3.63, 3.8) is 0 Å². The molecule has 98 valence electrons. The van der Waals surface area contributed by atoms with E-state index in [1.807, 2.05) is 32.0 Å². The molecule has 1 aromatic carbocycles. The van der Waals surface area contributed by atoms with Crippen LogP contribution in [0.2, 0.25) is 0 Å². The maximum Gasteiger partial charge on any atom is 0.319 e. The average molecular weight is 313 g/mol. The van der Waals surface area contributed by atoms with Gasteiger partial charge in [0.2, 0.25) is 0 Å². The zero-order chi connectivity index (χ0) is 13.1. The van der Waals surface area contributed by atoms with E-state index in [-0.39, 0.29) is 12.1 Å². The molecule has 1 fully saturated rings. The number of anilines is 1. The van der Waals surface area contributed by atoms with E-state index in [1.54, 1.807) is 0 Å². The molecule has 18 heavy (non-hydrogen) atoms. The number of urea groups is 1. The Kier molecular flexibility index (Phi) is 4.11. The van der Waals surface area contributed by atoms with Crippen molar-refractivity contribution in [2.24, 2.45) is 0 Å². The number of hydrogen-bond acceptors (Lipinski definition) is 2. The third kappa shape index (κ3) is 4.22. The van der Waals surface area contributed by atoms with Crippen molar-refractivity contribution in [2.75, 3.05) is 5.32 Å². The molecule has 2 amide bonds. The van der Waals surface area contributed by atoms with Crippen LogP contribution in [0, 0.1) is 0 Å². The van der Waals surface area contributed by atoms with E-state index >= 15 is 0 Å². The van der Waals surface area contributed by atoms with Gasteiger partial charge in [0.1, 0.15) is 5.75 Å². The summed E-state index contributed by atoms with van der Waals surface area (Å²) in [5, 5.41) is 5.68. The van der Waals surface area contributed by atoms with Crippen LogP contribution in [-0.4, -0.2) is 18.2 Å². The van der Waals surface area contributed by atoms with E-state index in [4.69, 9.17) is 4.74 Å². The van der Waals surface area contributed by atoms with Crippen LogP contribution in [0.15, 0.2) is 22.7 Å². The molecule has 2 N–H and O–H groups in total. The summed E-state index contributed by atoms with van der Waals surface area (Å²) >= 11 is 3.40. The van der Waals surface area contributed by atoms with Crippen LogP contribution >= 0.6 is 15.9 Å². The van der Waals surface area contributed by atoms with E-state index in [2.05, 4.69) is 26.6 Å². The first-order chi connectivity index (χ1) is 8.52. The number of nitrogens with one attached hydrogen (secondary N) is 2. The Balaban J connectivity index is 2.01. The van der Waals surface area contributed by atoms with Gasteiger partial charge in [0.15, 0.2) is 0 Å². The standard InChI is InChI=1S/C13H17BrN2O2/c1-8(2)18-12-6-9(14)5-11(7-12)16-13(17)15-10-3-4-10/h5-8,10H,3-4H2,1-2H3,(H2,15,16,17). The summed E-state index contributed by atoms with van der Waals surface area (Å²) in [5.41, 5.74) is 0.721. The Labute approximate surface area is 115 Å². The van der Waals surface area contributed by atoms with Gasteiger partial charge < -0.3 is 15.4 Å². The summed E-state index contributed by atoms with van der Waals surface area (Å²) in [6.45, 7) is 3.93. The summed E-state index contributed by atoms with van der Waals surface area (Å²) in [5.74, 6) is 0.737. The highest BCUT2D eigenvalue weighted by atomic mass is 79.9. The minimum absolute atomic E-state index is 0.104. The summed E-state index contributed by atoms with van der Waals surface area (Å²) in [4.78, 5) is 11.6. The zero-order valence-corrected chi connectivity index (χ0v) is 12.1. The molecule has 0 heterocycles. The molecule has 1 aliphatic rings. The lowest BCUT2D eigenvalue weighted by atomic mass is 10.3. The maximum absolute atomic E-state index is 11.6. The van der Waals surface area contributed by atoms with Crippen molar-refractivity contribution >= 4 is 27.6 Å². The average Bonchev–Trinajstić information content (AvgIpc) is 2.98. The fourth-order valence-corrected chi connectivity index (χ4v) is 2.03. The highest BCUT2D eigenvalue weighted by molar-refractivity contribution is 9.10. The molecule has 4 nitrogen and oxygen atoms in total. The zero-order valence-electron chi connectivity index (χ0n) is 10.5. The third-order valence-corrected chi connectivity index (χ3v) is 2.87. The number of rotatable bonds is 4. The lowest BCUT2D eigenvalue weighted by Crippen LogP contribution is -2.30. The predicted octanol–water partition coefficient (Wildman–Crippen LogP) is 3.52. The Morgan fingerprint density at radius 3 is 2.72 bits per heavy atom. The van der Waals surface area contributed by atoms with Crippen LogP contribution in [0.25, 0.3) is 0 Å². The van der Waals surface area contributed by atoms with Gasteiger partial charge in [-0.15, -0.1) is 0 Å². The highest BCUT2D eigenvalue weighted by Gasteiger charge is 2.23. The van der Waals surface area contributed by atoms with E-state index < -0.39 is 0 Å². The quantitative estimate of drug-likeness (QED) is 0.893. The first kappa shape index (κ1) is 13.2. The van der Waals surface area contributed by atoms with E-state index in [9.17, 15) is 4.79 Å². The Morgan fingerprint density at radius 2 is 2.11 bits per heavy atom. The first-order valence-electron chi connectivity index (χ1n) is 6.07. The molecule has 5 heteroatoms.